The Kier molecular flexibility index (Phi) is 7.63. The molecule has 0 saturated heterocycles. The fraction of sp³-hybridized carbons (Fsp3) is 0.0385. The topological polar surface area (TPSA) is 25.8 Å². The number of aromatic nitrogens is 2. The van der Waals surface area contributed by atoms with E-state index in [0.717, 1.165) is 44.3 Å². The van der Waals surface area contributed by atoms with Crippen LogP contribution in [0.25, 0.3) is 99.2 Å². The molecule has 2 heteroatoms. The van der Waals surface area contributed by atoms with Crippen LogP contribution in [0.15, 0.2) is 182 Å². The Morgan fingerprint density at radius 2 is 0.537 bits per heavy atom. The first kappa shape index (κ1) is 31.8. The predicted molar refractivity (Wildman–Crippen MR) is 229 cm³/mol. The highest BCUT2D eigenvalue weighted by Crippen LogP contribution is 2.34. The molecule has 0 unspecified atom stereocenters. The van der Waals surface area contributed by atoms with Gasteiger partial charge in [0.15, 0.2) is 0 Å². The van der Waals surface area contributed by atoms with Crippen molar-refractivity contribution in [3.63, 3.8) is 0 Å². The zero-order valence-electron chi connectivity index (χ0n) is 30.2. The molecule has 0 aliphatic carbocycles. The average Bonchev–Trinajstić information content (AvgIpc) is 3.23. The van der Waals surface area contributed by atoms with Crippen molar-refractivity contribution in [3.05, 3.63) is 193 Å². The van der Waals surface area contributed by atoms with Gasteiger partial charge >= 0.3 is 0 Å². The van der Waals surface area contributed by atoms with Gasteiger partial charge in [-0.2, -0.15) is 0 Å². The third-order valence-electron chi connectivity index (χ3n) is 10.8. The second-order valence-electron chi connectivity index (χ2n) is 14.4. The van der Waals surface area contributed by atoms with Crippen LogP contribution in [0.5, 0.6) is 0 Å². The minimum absolute atomic E-state index is 0.971. The molecule has 10 aromatic rings. The van der Waals surface area contributed by atoms with Crippen molar-refractivity contribution in [1.29, 1.82) is 0 Å². The van der Waals surface area contributed by atoms with Crippen molar-refractivity contribution in [2.75, 3.05) is 0 Å². The van der Waals surface area contributed by atoms with Gasteiger partial charge in [0.1, 0.15) is 0 Å². The van der Waals surface area contributed by atoms with E-state index >= 15 is 0 Å². The highest BCUT2D eigenvalue weighted by molar-refractivity contribution is 6.08. The summed E-state index contributed by atoms with van der Waals surface area (Å²) in [6.45, 7) is 4.25. The first-order valence-corrected chi connectivity index (χ1v) is 18.5. The fourth-order valence-electron chi connectivity index (χ4n) is 7.65. The Hall–Kier alpha value is -6.90. The number of hydrogen-bond donors (Lipinski definition) is 0. The lowest BCUT2D eigenvalue weighted by Crippen LogP contribution is -1.89. The summed E-state index contributed by atoms with van der Waals surface area (Å²) in [6.07, 6.45) is 0. The summed E-state index contributed by atoms with van der Waals surface area (Å²) in [7, 11) is 0. The molecule has 0 atom stereocenters. The van der Waals surface area contributed by atoms with Gasteiger partial charge in [-0.1, -0.05) is 169 Å². The summed E-state index contributed by atoms with van der Waals surface area (Å²) in [5.41, 5.74) is 15.9. The lowest BCUT2D eigenvalue weighted by atomic mass is 9.97. The van der Waals surface area contributed by atoms with E-state index in [4.69, 9.17) is 9.97 Å². The van der Waals surface area contributed by atoms with Crippen LogP contribution in [0.1, 0.15) is 11.1 Å². The Morgan fingerprint density at radius 3 is 0.944 bits per heavy atom. The van der Waals surface area contributed by atoms with Crippen molar-refractivity contribution in [1.82, 2.24) is 9.97 Å². The van der Waals surface area contributed by atoms with Gasteiger partial charge in [0, 0.05) is 32.7 Å². The summed E-state index contributed by atoms with van der Waals surface area (Å²) in [4.78, 5) is 10.5. The molecule has 0 fully saturated rings. The molecule has 2 heterocycles. The van der Waals surface area contributed by atoms with Crippen molar-refractivity contribution in [2.24, 2.45) is 0 Å². The van der Waals surface area contributed by atoms with Crippen molar-refractivity contribution in [2.45, 2.75) is 13.8 Å². The van der Waals surface area contributed by atoms with Crippen molar-refractivity contribution in [3.8, 4) is 55.9 Å². The van der Waals surface area contributed by atoms with Crippen LogP contribution in [-0.4, -0.2) is 9.97 Å². The Morgan fingerprint density at radius 1 is 0.259 bits per heavy atom. The number of hydrogen-bond acceptors (Lipinski definition) is 2. The van der Waals surface area contributed by atoms with Gasteiger partial charge in [-0.05, 0) is 82.3 Å². The number of fused-ring (bicyclic) bond motifs is 6. The fourth-order valence-corrected chi connectivity index (χ4v) is 7.65. The highest BCUT2D eigenvalue weighted by Gasteiger charge is 2.11. The molecular weight excluding hydrogens is 653 g/mol. The quantitative estimate of drug-likeness (QED) is 0.168. The molecular formula is C52H36N2. The minimum atomic E-state index is 0.971. The van der Waals surface area contributed by atoms with E-state index in [2.05, 4.69) is 196 Å². The summed E-state index contributed by atoms with van der Waals surface area (Å²) >= 11 is 0. The second kappa shape index (κ2) is 12.9. The number of benzene rings is 8. The molecule has 0 saturated carbocycles. The average molecular weight is 689 g/mol. The lowest BCUT2D eigenvalue weighted by Gasteiger charge is -2.10. The summed E-state index contributed by atoms with van der Waals surface area (Å²) in [5, 5.41) is 7.02. The monoisotopic (exact) mass is 688 g/mol. The molecule has 0 aliphatic heterocycles. The van der Waals surface area contributed by atoms with Crippen LogP contribution < -0.4 is 0 Å². The van der Waals surface area contributed by atoms with E-state index in [1.165, 1.54) is 66.1 Å². The molecule has 254 valence electrons. The van der Waals surface area contributed by atoms with Gasteiger partial charge in [0.2, 0.25) is 0 Å². The minimum Gasteiger partial charge on any atom is -0.247 e. The molecule has 8 aromatic carbocycles. The molecule has 0 N–H and O–H groups in total. The molecule has 54 heavy (non-hydrogen) atoms. The molecule has 2 aromatic heterocycles. The largest absolute Gasteiger partial charge is 0.247 e. The summed E-state index contributed by atoms with van der Waals surface area (Å²) < 4.78 is 0. The van der Waals surface area contributed by atoms with Crippen LogP contribution in [0.2, 0.25) is 0 Å². The van der Waals surface area contributed by atoms with E-state index in [1.807, 2.05) is 0 Å². The standard InChI is InChI=1S/C52H36N2/c1-33-3-7-37(8-4-33)45-25-17-39-15-23-43-27-29-49(53-51(43)47(39)31-45)41-19-11-35(12-20-41)36-13-21-42(22-14-36)50-30-28-44-24-16-40-18-26-46(32-48(40)52(44)54-50)38-9-5-34(2)6-10-38/h3-32H,1-2H3. The van der Waals surface area contributed by atoms with Crippen LogP contribution in [0.4, 0.5) is 0 Å². The Labute approximate surface area is 315 Å². The Balaban J connectivity index is 0.941. The lowest BCUT2D eigenvalue weighted by molar-refractivity contribution is 1.40. The third kappa shape index (κ3) is 5.79. The number of pyridine rings is 2. The van der Waals surface area contributed by atoms with Crippen LogP contribution in [0.3, 0.4) is 0 Å². The molecule has 0 radical (unpaired) electrons. The first-order valence-electron chi connectivity index (χ1n) is 18.5. The summed E-state index contributed by atoms with van der Waals surface area (Å²) in [5.74, 6) is 0. The Bertz CT molecular complexity index is 2800. The molecule has 0 aliphatic rings. The smallest absolute Gasteiger partial charge is 0.0788 e. The summed E-state index contributed by atoms with van der Waals surface area (Å²) in [6, 6.07) is 65.7. The van der Waals surface area contributed by atoms with Gasteiger partial charge in [-0.25, -0.2) is 9.97 Å². The predicted octanol–water partition coefficient (Wildman–Crippen LogP) is 14.0. The third-order valence-corrected chi connectivity index (χ3v) is 10.8. The number of aryl methyl sites for hydroxylation is 2. The van der Waals surface area contributed by atoms with E-state index in [9.17, 15) is 0 Å². The molecule has 10 rings (SSSR count). The maximum atomic E-state index is 5.23. The highest BCUT2D eigenvalue weighted by atomic mass is 14.7. The zero-order chi connectivity index (χ0) is 36.2. The number of nitrogens with zero attached hydrogens (tertiary/aromatic N) is 2. The molecule has 0 bridgehead atoms. The molecule has 2 nitrogen and oxygen atoms in total. The van der Waals surface area contributed by atoms with Crippen LogP contribution in [-0.2, 0) is 0 Å². The van der Waals surface area contributed by atoms with Crippen molar-refractivity contribution >= 4 is 43.4 Å². The van der Waals surface area contributed by atoms with Crippen LogP contribution >= 0.6 is 0 Å². The van der Waals surface area contributed by atoms with Crippen molar-refractivity contribution < 1.29 is 0 Å². The maximum Gasteiger partial charge on any atom is 0.0788 e. The van der Waals surface area contributed by atoms with E-state index in [1.54, 1.807) is 0 Å². The van der Waals surface area contributed by atoms with Gasteiger partial charge in [0.25, 0.3) is 0 Å². The SMILES string of the molecule is Cc1ccc(-c2ccc3ccc4ccc(-c5ccc(-c6ccc(-c7ccc8ccc9ccc(-c%10ccc(C)cc%10)cc9c8n7)cc6)cc5)nc4c3c2)cc1. The van der Waals surface area contributed by atoms with E-state index < -0.39 is 0 Å². The van der Waals surface area contributed by atoms with E-state index in [-0.39, 0.29) is 0 Å². The van der Waals surface area contributed by atoms with Crippen LogP contribution in [0, 0.1) is 13.8 Å². The van der Waals surface area contributed by atoms with Gasteiger partial charge < -0.3 is 0 Å². The molecule has 0 spiro atoms. The zero-order valence-corrected chi connectivity index (χ0v) is 30.2. The second-order valence-corrected chi connectivity index (χ2v) is 14.4. The van der Waals surface area contributed by atoms with Gasteiger partial charge in [-0.15, -0.1) is 0 Å². The van der Waals surface area contributed by atoms with E-state index in [0.29, 0.717) is 0 Å². The number of rotatable bonds is 5. The van der Waals surface area contributed by atoms with Gasteiger partial charge in [0.05, 0.1) is 22.4 Å². The normalized spacial score (nSPS) is 11.5. The van der Waals surface area contributed by atoms with Gasteiger partial charge in [-0.3, -0.25) is 0 Å². The molecule has 0 amide bonds. The maximum absolute atomic E-state index is 5.23. The first-order chi connectivity index (χ1) is 26.5.